The number of aliphatic hydroxyl groups is 1. The first-order chi connectivity index (χ1) is 14.0. The molecule has 1 fully saturated rings. The number of benzene rings is 3. The molecule has 3 aromatic carbocycles. The van der Waals surface area contributed by atoms with Crippen LogP contribution in [0.4, 0.5) is 0 Å². The lowest BCUT2D eigenvalue weighted by Crippen LogP contribution is -2.49. The van der Waals surface area contributed by atoms with E-state index in [0.717, 1.165) is 16.3 Å². The Balaban J connectivity index is 1.91. The fourth-order valence-corrected chi connectivity index (χ4v) is 4.64. The van der Waals surface area contributed by atoms with Crippen molar-refractivity contribution >= 4 is 22.5 Å². The van der Waals surface area contributed by atoms with Gasteiger partial charge in [-0.1, -0.05) is 72.8 Å². The topological polar surface area (TPSA) is 63.6 Å². The minimum atomic E-state index is -1.61. The molecule has 1 saturated carbocycles. The maximum atomic E-state index is 13.1. The third kappa shape index (κ3) is 3.45. The molecule has 29 heavy (non-hydrogen) atoms. The van der Waals surface area contributed by atoms with Gasteiger partial charge in [-0.3, -0.25) is 9.59 Å². The number of ketones is 1. The molecule has 3 aromatic rings. The van der Waals surface area contributed by atoms with Crippen LogP contribution in [-0.4, -0.2) is 23.5 Å². The van der Waals surface area contributed by atoms with Gasteiger partial charge in [-0.25, -0.2) is 0 Å². The van der Waals surface area contributed by atoms with Crippen LogP contribution < -0.4 is 0 Å². The second kappa shape index (κ2) is 7.80. The Morgan fingerprint density at radius 2 is 1.72 bits per heavy atom. The van der Waals surface area contributed by atoms with Gasteiger partial charge in [0, 0.05) is 18.8 Å². The van der Waals surface area contributed by atoms with E-state index in [2.05, 4.69) is 0 Å². The lowest BCUT2D eigenvalue weighted by molar-refractivity contribution is -0.167. The molecule has 0 saturated heterocycles. The molecule has 0 amide bonds. The molecule has 0 aliphatic heterocycles. The second-order valence-electron chi connectivity index (χ2n) is 7.61. The average molecular weight is 388 g/mol. The maximum absolute atomic E-state index is 13.1. The van der Waals surface area contributed by atoms with E-state index in [1.165, 1.54) is 0 Å². The van der Waals surface area contributed by atoms with E-state index in [0.29, 0.717) is 5.56 Å². The van der Waals surface area contributed by atoms with E-state index in [4.69, 9.17) is 4.74 Å². The lowest BCUT2D eigenvalue weighted by Gasteiger charge is -2.43. The molecule has 3 atom stereocenters. The normalized spacial score (nSPS) is 24.4. The van der Waals surface area contributed by atoms with Gasteiger partial charge in [0.05, 0.1) is 12.5 Å². The highest BCUT2D eigenvalue weighted by molar-refractivity contribution is 5.91. The average Bonchev–Trinajstić information content (AvgIpc) is 2.73. The quantitative estimate of drug-likeness (QED) is 0.675. The van der Waals surface area contributed by atoms with Crippen LogP contribution in [0.2, 0.25) is 0 Å². The second-order valence-corrected chi connectivity index (χ2v) is 7.61. The number of ether oxygens (including phenoxy) is 1. The van der Waals surface area contributed by atoms with Crippen molar-refractivity contribution in [3.8, 4) is 0 Å². The van der Waals surface area contributed by atoms with Gasteiger partial charge < -0.3 is 9.84 Å². The van der Waals surface area contributed by atoms with Gasteiger partial charge in [-0.2, -0.15) is 0 Å². The Morgan fingerprint density at radius 1 is 1.03 bits per heavy atom. The molecule has 0 aromatic heterocycles. The number of Topliss-reactive ketones (excluding diaryl/α,β-unsaturated/α-hetero) is 1. The highest BCUT2D eigenvalue weighted by Gasteiger charge is 2.53. The van der Waals surface area contributed by atoms with Crippen molar-refractivity contribution in [1.82, 2.24) is 0 Å². The van der Waals surface area contributed by atoms with E-state index in [1.807, 2.05) is 60.7 Å². The van der Waals surface area contributed by atoms with E-state index in [9.17, 15) is 14.7 Å². The molecule has 0 bridgehead atoms. The third-order valence-electron chi connectivity index (χ3n) is 5.87. The SMILES string of the molecule is CCOC(=O)[C@H]1[C@H](c2cccc3ccccc23)CC(=O)C[C@]1(O)c1ccccc1. The highest BCUT2D eigenvalue weighted by atomic mass is 16.5. The number of hydrogen-bond acceptors (Lipinski definition) is 4. The Kier molecular flexibility index (Phi) is 5.20. The van der Waals surface area contributed by atoms with Crippen molar-refractivity contribution in [3.05, 3.63) is 83.9 Å². The number of hydrogen-bond donors (Lipinski definition) is 1. The van der Waals surface area contributed by atoms with Crippen molar-refractivity contribution in [3.63, 3.8) is 0 Å². The molecule has 1 aliphatic rings. The largest absolute Gasteiger partial charge is 0.466 e. The maximum Gasteiger partial charge on any atom is 0.312 e. The van der Waals surface area contributed by atoms with E-state index in [1.54, 1.807) is 19.1 Å². The van der Waals surface area contributed by atoms with Crippen LogP contribution in [0.3, 0.4) is 0 Å². The van der Waals surface area contributed by atoms with E-state index >= 15 is 0 Å². The van der Waals surface area contributed by atoms with Crippen LogP contribution in [0.15, 0.2) is 72.8 Å². The molecular weight excluding hydrogens is 364 g/mol. The van der Waals surface area contributed by atoms with Crippen LogP contribution in [0.5, 0.6) is 0 Å². The number of carbonyl (C=O) groups is 2. The zero-order chi connectivity index (χ0) is 20.4. The fourth-order valence-electron chi connectivity index (χ4n) is 4.64. The molecule has 4 rings (SSSR count). The summed E-state index contributed by atoms with van der Waals surface area (Å²) in [6.07, 6.45) is 0.106. The molecule has 4 heteroatoms. The molecule has 148 valence electrons. The Hall–Kier alpha value is -2.98. The van der Waals surface area contributed by atoms with E-state index < -0.39 is 23.4 Å². The molecule has 1 N–H and O–H groups in total. The van der Waals surface area contributed by atoms with Gasteiger partial charge >= 0.3 is 5.97 Å². The van der Waals surface area contributed by atoms with Crippen molar-refractivity contribution in [2.24, 2.45) is 5.92 Å². The summed E-state index contributed by atoms with van der Waals surface area (Å²) < 4.78 is 5.39. The molecule has 4 nitrogen and oxygen atoms in total. The Labute approximate surface area is 170 Å². The highest BCUT2D eigenvalue weighted by Crippen LogP contribution is 2.49. The van der Waals surface area contributed by atoms with Crippen molar-refractivity contribution in [2.75, 3.05) is 6.61 Å². The van der Waals surface area contributed by atoms with E-state index in [-0.39, 0.29) is 25.2 Å². The number of carbonyl (C=O) groups excluding carboxylic acids is 2. The smallest absolute Gasteiger partial charge is 0.312 e. The Bertz CT molecular complexity index is 1040. The van der Waals surface area contributed by atoms with Crippen LogP contribution in [0, 0.1) is 5.92 Å². The van der Waals surface area contributed by atoms with Crippen LogP contribution in [0.1, 0.15) is 36.8 Å². The monoisotopic (exact) mass is 388 g/mol. The summed E-state index contributed by atoms with van der Waals surface area (Å²) in [5, 5.41) is 13.8. The summed E-state index contributed by atoms with van der Waals surface area (Å²) in [4.78, 5) is 25.9. The first-order valence-electron chi connectivity index (χ1n) is 9.98. The summed E-state index contributed by atoms with van der Waals surface area (Å²) in [6, 6.07) is 22.8. The van der Waals surface area contributed by atoms with Gasteiger partial charge in [-0.15, -0.1) is 0 Å². The Morgan fingerprint density at radius 3 is 2.48 bits per heavy atom. The summed E-state index contributed by atoms with van der Waals surface area (Å²) in [5.41, 5.74) is -0.148. The summed E-state index contributed by atoms with van der Waals surface area (Å²) in [7, 11) is 0. The standard InChI is InChI=1S/C25H24O4/c1-2-29-24(27)23-22(21-14-8-10-17-9-6-7-13-20(17)21)15-19(26)16-25(23,28)18-11-4-3-5-12-18/h3-14,22-23,28H,2,15-16H2,1H3/t22-,23+,25-/m0/s1. The summed E-state index contributed by atoms with van der Waals surface area (Å²) in [5.74, 6) is -1.86. The van der Waals surface area contributed by atoms with Crippen LogP contribution in [-0.2, 0) is 19.9 Å². The number of fused-ring (bicyclic) bond motifs is 1. The van der Waals surface area contributed by atoms with Gasteiger partial charge in [0.15, 0.2) is 0 Å². The van der Waals surface area contributed by atoms with Crippen molar-refractivity contribution in [1.29, 1.82) is 0 Å². The number of rotatable bonds is 4. The predicted molar refractivity (Wildman–Crippen MR) is 111 cm³/mol. The predicted octanol–water partition coefficient (Wildman–Crippen LogP) is 4.35. The fraction of sp³-hybridized carbons (Fsp3) is 0.280. The van der Waals surface area contributed by atoms with Crippen LogP contribution >= 0.6 is 0 Å². The first kappa shape index (κ1) is 19.3. The molecule has 0 unspecified atom stereocenters. The van der Waals surface area contributed by atoms with Gasteiger partial charge in [0.25, 0.3) is 0 Å². The first-order valence-corrected chi connectivity index (χ1v) is 9.98. The lowest BCUT2D eigenvalue weighted by atomic mass is 9.63. The summed E-state index contributed by atoms with van der Waals surface area (Å²) >= 11 is 0. The molecule has 0 radical (unpaired) electrons. The van der Waals surface area contributed by atoms with Gasteiger partial charge in [0.2, 0.25) is 0 Å². The zero-order valence-electron chi connectivity index (χ0n) is 16.4. The van der Waals surface area contributed by atoms with Gasteiger partial charge in [-0.05, 0) is 28.8 Å². The van der Waals surface area contributed by atoms with Gasteiger partial charge in [0.1, 0.15) is 11.4 Å². The number of esters is 1. The third-order valence-corrected chi connectivity index (χ3v) is 5.87. The van der Waals surface area contributed by atoms with Crippen LogP contribution in [0.25, 0.3) is 10.8 Å². The minimum Gasteiger partial charge on any atom is -0.466 e. The van der Waals surface area contributed by atoms with Crippen molar-refractivity contribution < 1.29 is 19.4 Å². The molecule has 1 aliphatic carbocycles. The van der Waals surface area contributed by atoms with Crippen molar-refractivity contribution in [2.45, 2.75) is 31.3 Å². The zero-order valence-corrected chi connectivity index (χ0v) is 16.4. The minimum absolute atomic E-state index is 0.0603. The molecular formula is C25H24O4. The summed E-state index contributed by atoms with van der Waals surface area (Å²) in [6.45, 7) is 1.97. The molecule has 0 spiro atoms. The molecule has 0 heterocycles.